The number of hydrogen-bond acceptors (Lipinski definition) is 5. The second-order valence-corrected chi connectivity index (χ2v) is 5.93. The van der Waals surface area contributed by atoms with Crippen molar-refractivity contribution >= 4 is 11.7 Å². The van der Waals surface area contributed by atoms with Gasteiger partial charge in [0.25, 0.3) is 0 Å². The SMILES string of the molecule is COc1ccc(NC(=O)N2CCCC(Oc3ccnc(C)n3)C2)cc1. The highest BCUT2D eigenvalue weighted by Crippen LogP contribution is 2.19. The number of ether oxygens (including phenoxy) is 2. The van der Waals surface area contributed by atoms with Gasteiger partial charge in [0.1, 0.15) is 17.7 Å². The minimum Gasteiger partial charge on any atom is -0.497 e. The van der Waals surface area contributed by atoms with Gasteiger partial charge in [0.05, 0.1) is 13.7 Å². The Hall–Kier alpha value is -2.83. The molecule has 2 aromatic rings. The van der Waals surface area contributed by atoms with Gasteiger partial charge in [-0.15, -0.1) is 0 Å². The molecule has 7 nitrogen and oxygen atoms in total. The molecule has 132 valence electrons. The van der Waals surface area contributed by atoms with Crippen LogP contribution in [0.3, 0.4) is 0 Å². The molecule has 25 heavy (non-hydrogen) atoms. The van der Waals surface area contributed by atoms with Crippen molar-refractivity contribution < 1.29 is 14.3 Å². The molecule has 0 spiro atoms. The summed E-state index contributed by atoms with van der Waals surface area (Å²) in [5, 5.41) is 2.91. The molecule has 0 aliphatic carbocycles. The van der Waals surface area contributed by atoms with E-state index in [1.807, 2.05) is 31.2 Å². The molecule has 1 aromatic heterocycles. The summed E-state index contributed by atoms with van der Waals surface area (Å²) in [4.78, 5) is 22.6. The van der Waals surface area contributed by atoms with Gasteiger partial charge in [0.2, 0.25) is 5.88 Å². The second-order valence-electron chi connectivity index (χ2n) is 5.93. The third-order valence-electron chi connectivity index (χ3n) is 4.04. The zero-order valence-corrected chi connectivity index (χ0v) is 14.4. The Bertz CT molecular complexity index is 721. The van der Waals surface area contributed by atoms with Crippen molar-refractivity contribution in [2.24, 2.45) is 0 Å². The number of rotatable bonds is 4. The lowest BCUT2D eigenvalue weighted by atomic mass is 10.1. The predicted molar refractivity (Wildman–Crippen MR) is 94.0 cm³/mol. The molecule has 1 aromatic carbocycles. The molecular weight excluding hydrogens is 320 g/mol. The van der Waals surface area contributed by atoms with Gasteiger partial charge in [-0.2, -0.15) is 4.98 Å². The van der Waals surface area contributed by atoms with Crippen LogP contribution in [0.2, 0.25) is 0 Å². The van der Waals surface area contributed by atoms with Gasteiger partial charge in [-0.1, -0.05) is 0 Å². The van der Waals surface area contributed by atoms with E-state index in [9.17, 15) is 4.79 Å². The van der Waals surface area contributed by atoms with Crippen molar-refractivity contribution in [3.05, 3.63) is 42.4 Å². The fourth-order valence-electron chi connectivity index (χ4n) is 2.77. The number of benzene rings is 1. The number of methoxy groups -OCH3 is 1. The monoisotopic (exact) mass is 342 g/mol. The van der Waals surface area contributed by atoms with Gasteiger partial charge in [0.15, 0.2) is 0 Å². The molecule has 3 rings (SSSR count). The molecule has 1 aliphatic rings. The molecule has 1 N–H and O–H groups in total. The number of anilines is 1. The number of aromatic nitrogens is 2. The number of urea groups is 1. The summed E-state index contributed by atoms with van der Waals surface area (Å²) >= 11 is 0. The molecule has 7 heteroatoms. The summed E-state index contributed by atoms with van der Waals surface area (Å²) in [7, 11) is 1.61. The standard InChI is InChI=1S/C18H22N4O3/c1-13-19-10-9-17(20-13)25-16-4-3-11-22(12-16)18(23)21-14-5-7-15(24-2)8-6-14/h5-10,16H,3-4,11-12H2,1-2H3,(H,21,23). The van der Waals surface area contributed by atoms with Crippen molar-refractivity contribution in [3.63, 3.8) is 0 Å². The van der Waals surface area contributed by atoms with Gasteiger partial charge >= 0.3 is 6.03 Å². The Kier molecular flexibility index (Phi) is 5.33. The van der Waals surface area contributed by atoms with Gasteiger partial charge in [-0.3, -0.25) is 0 Å². The lowest BCUT2D eigenvalue weighted by molar-refractivity contribution is 0.102. The zero-order valence-electron chi connectivity index (χ0n) is 14.4. The van der Waals surface area contributed by atoms with Crippen LogP contribution < -0.4 is 14.8 Å². The maximum absolute atomic E-state index is 12.5. The highest BCUT2D eigenvalue weighted by atomic mass is 16.5. The van der Waals surface area contributed by atoms with E-state index in [-0.39, 0.29) is 12.1 Å². The van der Waals surface area contributed by atoms with Crippen molar-refractivity contribution in [2.45, 2.75) is 25.9 Å². The van der Waals surface area contributed by atoms with E-state index in [4.69, 9.17) is 9.47 Å². The molecule has 1 aliphatic heterocycles. The normalized spacial score (nSPS) is 17.0. The first-order chi connectivity index (χ1) is 12.1. The number of hydrogen-bond donors (Lipinski definition) is 1. The summed E-state index contributed by atoms with van der Waals surface area (Å²) in [5.74, 6) is 1.97. The quantitative estimate of drug-likeness (QED) is 0.924. The molecule has 1 saturated heterocycles. The highest BCUT2D eigenvalue weighted by molar-refractivity contribution is 5.89. The van der Waals surface area contributed by atoms with Gasteiger partial charge < -0.3 is 19.7 Å². The summed E-state index contributed by atoms with van der Waals surface area (Å²) in [6.07, 6.45) is 3.40. The maximum atomic E-state index is 12.5. The van der Waals surface area contributed by atoms with E-state index in [2.05, 4.69) is 15.3 Å². The number of carbonyl (C=O) groups is 1. The number of nitrogens with zero attached hydrogens (tertiary/aromatic N) is 3. The molecule has 2 amide bonds. The number of amides is 2. The van der Waals surface area contributed by atoms with Crippen molar-refractivity contribution in [1.82, 2.24) is 14.9 Å². The zero-order chi connectivity index (χ0) is 17.6. The minimum atomic E-state index is -0.127. The van der Waals surface area contributed by atoms with Crippen LogP contribution in [0, 0.1) is 6.92 Å². The minimum absolute atomic E-state index is 0.0651. The van der Waals surface area contributed by atoms with Crippen LogP contribution in [0.4, 0.5) is 10.5 Å². The van der Waals surface area contributed by atoms with Crippen LogP contribution in [-0.4, -0.2) is 47.2 Å². The van der Waals surface area contributed by atoms with Crippen LogP contribution in [-0.2, 0) is 0 Å². The topological polar surface area (TPSA) is 76.6 Å². The summed E-state index contributed by atoms with van der Waals surface area (Å²) in [6, 6.07) is 8.88. The van der Waals surface area contributed by atoms with Gasteiger partial charge in [-0.25, -0.2) is 9.78 Å². The van der Waals surface area contributed by atoms with E-state index >= 15 is 0 Å². The first kappa shape index (κ1) is 17.0. The number of aryl methyl sites for hydroxylation is 1. The molecule has 1 unspecified atom stereocenters. The second kappa shape index (κ2) is 7.83. The van der Waals surface area contributed by atoms with Crippen LogP contribution in [0.25, 0.3) is 0 Å². The molecule has 0 saturated carbocycles. The van der Waals surface area contributed by atoms with Gasteiger partial charge in [0, 0.05) is 24.5 Å². The van der Waals surface area contributed by atoms with Crippen molar-refractivity contribution in [1.29, 1.82) is 0 Å². The molecular formula is C18H22N4O3. The summed E-state index contributed by atoms with van der Waals surface area (Å²) in [5.41, 5.74) is 0.736. The predicted octanol–water partition coefficient (Wildman–Crippen LogP) is 2.87. The Morgan fingerprint density at radius 1 is 1.28 bits per heavy atom. The molecule has 0 radical (unpaired) electrons. The van der Waals surface area contributed by atoms with Crippen LogP contribution in [0.15, 0.2) is 36.5 Å². The lowest BCUT2D eigenvalue weighted by Gasteiger charge is -2.32. The number of likely N-dealkylation sites (tertiary alicyclic amines) is 1. The number of carbonyl (C=O) groups excluding carboxylic acids is 1. The fraction of sp³-hybridized carbons (Fsp3) is 0.389. The van der Waals surface area contributed by atoms with E-state index in [1.54, 1.807) is 24.3 Å². The average Bonchev–Trinajstić information content (AvgIpc) is 2.62. The van der Waals surface area contributed by atoms with Gasteiger partial charge in [-0.05, 0) is 44.0 Å². The highest BCUT2D eigenvalue weighted by Gasteiger charge is 2.25. The summed E-state index contributed by atoms with van der Waals surface area (Å²) in [6.45, 7) is 3.07. The smallest absolute Gasteiger partial charge is 0.321 e. The van der Waals surface area contributed by atoms with E-state index < -0.39 is 0 Å². The Morgan fingerprint density at radius 2 is 2.08 bits per heavy atom. The number of nitrogens with one attached hydrogen (secondary N) is 1. The molecule has 2 heterocycles. The first-order valence-electron chi connectivity index (χ1n) is 8.30. The van der Waals surface area contributed by atoms with Crippen LogP contribution in [0.1, 0.15) is 18.7 Å². The third kappa shape index (κ3) is 4.59. The fourth-order valence-corrected chi connectivity index (χ4v) is 2.77. The third-order valence-corrected chi connectivity index (χ3v) is 4.04. The lowest BCUT2D eigenvalue weighted by Crippen LogP contribution is -2.46. The Labute approximate surface area is 147 Å². The molecule has 1 fully saturated rings. The number of piperidine rings is 1. The Balaban J connectivity index is 1.57. The van der Waals surface area contributed by atoms with Crippen molar-refractivity contribution in [2.75, 3.05) is 25.5 Å². The maximum Gasteiger partial charge on any atom is 0.321 e. The van der Waals surface area contributed by atoms with E-state index in [0.717, 1.165) is 24.3 Å². The molecule has 0 bridgehead atoms. The van der Waals surface area contributed by atoms with E-state index in [0.29, 0.717) is 24.8 Å². The summed E-state index contributed by atoms with van der Waals surface area (Å²) < 4.78 is 11.0. The average molecular weight is 342 g/mol. The first-order valence-corrected chi connectivity index (χ1v) is 8.30. The van der Waals surface area contributed by atoms with E-state index in [1.165, 1.54) is 0 Å². The Morgan fingerprint density at radius 3 is 2.80 bits per heavy atom. The largest absolute Gasteiger partial charge is 0.497 e. The van der Waals surface area contributed by atoms with Crippen LogP contribution >= 0.6 is 0 Å². The van der Waals surface area contributed by atoms with Crippen LogP contribution in [0.5, 0.6) is 11.6 Å². The van der Waals surface area contributed by atoms with Crippen molar-refractivity contribution in [3.8, 4) is 11.6 Å². The molecule has 1 atom stereocenters.